The molecular formula is C21H22N4O. The van der Waals surface area contributed by atoms with Crippen LogP contribution in [0.3, 0.4) is 0 Å². The Morgan fingerprint density at radius 3 is 2.46 bits per heavy atom. The predicted octanol–water partition coefficient (Wildman–Crippen LogP) is 3.00. The van der Waals surface area contributed by atoms with Crippen LogP contribution in [0.1, 0.15) is 22.0 Å². The van der Waals surface area contributed by atoms with Crippen LogP contribution in [0.15, 0.2) is 73.1 Å². The van der Waals surface area contributed by atoms with Gasteiger partial charge in [-0.25, -0.2) is 4.68 Å². The third kappa shape index (κ3) is 3.26. The number of nitrogens with zero attached hydrogens (tertiary/aromatic N) is 4. The highest BCUT2D eigenvalue weighted by molar-refractivity contribution is 5.94. The van der Waals surface area contributed by atoms with Gasteiger partial charge < -0.3 is 9.80 Å². The lowest BCUT2D eigenvalue weighted by molar-refractivity contribution is 0.0498. The van der Waals surface area contributed by atoms with Gasteiger partial charge in [0.15, 0.2) is 0 Å². The molecule has 1 saturated heterocycles. The van der Waals surface area contributed by atoms with E-state index in [-0.39, 0.29) is 11.9 Å². The summed E-state index contributed by atoms with van der Waals surface area (Å²) in [5, 5.41) is 4.23. The minimum atomic E-state index is 0.0771. The third-order valence-electron chi connectivity index (χ3n) is 4.91. The normalized spacial score (nSPS) is 18.0. The van der Waals surface area contributed by atoms with Gasteiger partial charge in [0.25, 0.3) is 5.91 Å². The van der Waals surface area contributed by atoms with Crippen molar-refractivity contribution in [2.24, 2.45) is 0 Å². The third-order valence-corrected chi connectivity index (χ3v) is 4.91. The van der Waals surface area contributed by atoms with Crippen LogP contribution in [0, 0.1) is 0 Å². The highest BCUT2D eigenvalue weighted by Crippen LogP contribution is 2.26. The fourth-order valence-corrected chi connectivity index (χ4v) is 3.47. The molecule has 1 aliphatic rings. The van der Waals surface area contributed by atoms with E-state index in [4.69, 9.17) is 0 Å². The number of amides is 1. The molecule has 2 aromatic carbocycles. The van der Waals surface area contributed by atoms with Gasteiger partial charge in [0.05, 0.1) is 11.7 Å². The largest absolute Gasteiger partial charge is 0.329 e. The van der Waals surface area contributed by atoms with Gasteiger partial charge in [0, 0.05) is 37.6 Å². The molecule has 0 bridgehead atoms. The smallest absolute Gasteiger partial charge is 0.254 e. The van der Waals surface area contributed by atoms with Gasteiger partial charge in [0.2, 0.25) is 0 Å². The molecule has 2 heterocycles. The molecule has 5 nitrogen and oxygen atoms in total. The molecule has 1 fully saturated rings. The topological polar surface area (TPSA) is 41.4 Å². The zero-order valence-corrected chi connectivity index (χ0v) is 14.8. The van der Waals surface area contributed by atoms with E-state index >= 15 is 0 Å². The first-order valence-electron chi connectivity index (χ1n) is 8.87. The number of rotatable bonds is 3. The fourth-order valence-electron chi connectivity index (χ4n) is 3.47. The zero-order chi connectivity index (χ0) is 17.9. The van der Waals surface area contributed by atoms with Crippen molar-refractivity contribution in [3.8, 4) is 5.69 Å². The van der Waals surface area contributed by atoms with Crippen LogP contribution in [-0.4, -0.2) is 52.2 Å². The second-order valence-corrected chi connectivity index (χ2v) is 6.68. The Kier molecular flexibility index (Phi) is 4.54. The minimum absolute atomic E-state index is 0.0771. The summed E-state index contributed by atoms with van der Waals surface area (Å²) in [6, 6.07) is 19.9. The molecule has 0 N–H and O–H groups in total. The molecule has 3 aromatic rings. The summed E-state index contributed by atoms with van der Waals surface area (Å²) >= 11 is 0. The number of piperazine rings is 1. The monoisotopic (exact) mass is 346 g/mol. The fraction of sp³-hybridized carbons (Fsp3) is 0.238. The molecule has 1 unspecified atom stereocenters. The van der Waals surface area contributed by atoms with Gasteiger partial charge in [0.1, 0.15) is 0 Å². The second kappa shape index (κ2) is 7.14. The van der Waals surface area contributed by atoms with Crippen molar-refractivity contribution in [1.29, 1.82) is 0 Å². The van der Waals surface area contributed by atoms with Crippen LogP contribution >= 0.6 is 0 Å². The first-order chi connectivity index (χ1) is 12.7. The maximum Gasteiger partial charge on any atom is 0.254 e. The highest BCUT2D eigenvalue weighted by Gasteiger charge is 2.30. The Morgan fingerprint density at radius 1 is 1.00 bits per heavy atom. The van der Waals surface area contributed by atoms with E-state index in [2.05, 4.69) is 29.2 Å². The van der Waals surface area contributed by atoms with E-state index in [1.165, 1.54) is 5.56 Å². The van der Waals surface area contributed by atoms with Gasteiger partial charge in [-0.1, -0.05) is 30.3 Å². The lowest BCUT2D eigenvalue weighted by Crippen LogP contribution is -2.49. The summed E-state index contributed by atoms with van der Waals surface area (Å²) in [5.74, 6) is 0.0824. The Morgan fingerprint density at radius 2 is 1.77 bits per heavy atom. The molecule has 1 aromatic heterocycles. The quantitative estimate of drug-likeness (QED) is 0.732. The summed E-state index contributed by atoms with van der Waals surface area (Å²) in [7, 11) is 2.11. The molecule has 0 radical (unpaired) electrons. The van der Waals surface area contributed by atoms with Crippen LogP contribution < -0.4 is 0 Å². The van der Waals surface area contributed by atoms with E-state index in [1.54, 1.807) is 10.9 Å². The lowest BCUT2D eigenvalue weighted by atomic mass is 10.0. The molecule has 0 saturated carbocycles. The molecule has 5 heteroatoms. The maximum atomic E-state index is 13.2. The van der Waals surface area contributed by atoms with Crippen molar-refractivity contribution in [2.45, 2.75) is 6.04 Å². The number of likely N-dealkylation sites (N-methyl/N-ethyl adjacent to an activating group) is 1. The molecule has 132 valence electrons. The average molecular weight is 346 g/mol. The molecular weight excluding hydrogens is 324 g/mol. The Bertz CT molecular complexity index is 859. The average Bonchev–Trinajstić information content (AvgIpc) is 3.23. The Balaban J connectivity index is 1.59. The van der Waals surface area contributed by atoms with E-state index in [1.807, 2.05) is 59.6 Å². The van der Waals surface area contributed by atoms with Gasteiger partial charge in [-0.2, -0.15) is 5.10 Å². The lowest BCUT2D eigenvalue weighted by Gasteiger charge is -2.40. The van der Waals surface area contributed by atoms with E-state index in [9.17, 15) is 4.79 Å². The molecule has 1 atom stereocenters. The van der Waals surface area contributed by atoms with Crippen molar-refractivity contribution in [1.82, 2.24) is 19.6 Å². The van der Waals surface area contributed by atoms with Crippen molar-refractivity contribution in [2.75, 3.05) is 26.7 Å². The van der Waals surface area contributed by atoms with E-state index in [0.29, 0.717) is 5.56 Å². The Hall–Kier alpha value is -2.92. The van der Waals surface area contributed by atoms with Crippen molar-refractivity contribution in [3.63, 3.8) is 0 Å². The van der Waals surface area contributed by atoms with Crippen molar-refractivity contribution in [3.05, 3.63) is 84.2 Å². The number of carbonyl (C=O) groups is 1. The van der Waals surface area contributed by atoms with Crippen molar-refractivity contribution >= 4 is 5.91 Å². The summed E-state index contributed by atoms with van der Waals surface area (Å²) in [4.78, 5) is 17.5. The molecule has 0 spiro atoms. The van der Waals surface area contributed by atoms with Crippen LogP contribution in [0.4, 0.5) is 0 Å². The zero-order valence-electron chi connectivity index (χ0n) is 14.8. The summed E-state index contributed by atoms with van der Waals surface area (Å²) in [5.41, 5.74) is 2.84. The number of hydrogen-bond acceptors (Lipinski definition) is 3. The molecule has 1 amide bonds. The summed E-state index contributed by atoms with van der Waals surface area (Å²) in [6.45, 7) is 2.47. The first-order valence-corrected chi connectivity index (χ1v) is 8.87. The SMILES string of the molecule is CN1CCN(C(=O)c2ccc(-n3cccn3)cc2)C(c2ccccc2)C1. The molecule has 4 rings (SSSR count). The second-order valence-electron chi connectivity index (χ2n) is 6.68. The van der Waals surface area contributed by atoms with E-state index < -0.39 is 0 Å². The first kappa shape index (κ1) is 16.5. The minimum Gasteiger partial charge on any atom is -0.329 e. The van der Waals surface area contributed by atoms with Gasteiger partial charge >= 0.3 is 0 Å². The van der Waals surface area contributed by atoms with Gasteiger partial charge in [-0.3, -0.25) is 4.79 Å². The summed E-state index contributed by atoms with van der Waals surface area (Å²) in [6.07, 6.45) is 3.64. The number of carbonyl (C=O) groups excluding carboxylic acids is 1. The summed E-state index contributed by atoms with van der Waals surface area (Å²) < 4.78 is 1.79. The highest BCUT2D eigenvalue weighted by atomic mass is 16.2. The van der Waals surface area contributed by atoms with Crippen LogP contribution in [0.25, 0.3) is 5.69 Å². The van der Waals surface area contributed by atoms with Crippen LogP contribution in [-0.2, 0) is 0 Å². The predicted molar refractivity (Wildman–Crippen MR) is 101 cm³/mol. The van der Waals surface area contributed by atoms with Crippen molar-refractivity contribution < 1.29 is 4.79 Å². The molecule has 26 heavy (non-hydrogen) atoms. The van der Waals surface area contributed by atoms with E-state index in [0.717, 1.165) is 25.3 Å². The van der Waals surface area contributed by atoms with Gasteiger partial charge in [-0.05, 0) is 42.9 Å². The standard InChI is InChI=1S/C21H22N4O/c1-23-14-15-24(20(16-23)17-6-3-2-4-7-17)21(26)18-8-10-19(11-9-18)25-13-5-12-22-25/h2-13,20H,14-16H2,1H3. The maximum absolute atomic E-state index is 13.2. The van der Waals surface area contributed by atoms with Crippen LogP contribution in [0.5, 0.6) is 0 Å². The number of hydrogen-bond donors (Lipinski definition) is 0. The Labute approximate surface area is 153 Å². The van der Waals surface area contributed by atoms with Gasteiger partial charge in [-0.15, -0.1) is 0 Å². The molecule has 0 aliphatic carbocycles. The van der Waals surface area contributed by atoms with Crippen LogP contribution in [0.2, 0.25) is 0 Å². The number of aromatic nitrogens is 2. The molecule has 1 aliphatic heterocycles. The number of benzene rings is 2.